The van der Waals surface area contributed by atoms with Crippen LogP contribution in [0.15, 0.2) is 0 Å². The zero-order valence-electron chi connectivity index (χ0n) is 16.1. The molecule has 2 bridgehead atoms. The number of carbonyl (C=O) groups is 3. The number of amides is 2. The maximum absolute atomic E-state index is 10.8. The Morgan fingerprint density at radius 3 is 2.33 bits per heavy atom. The fraction of sp³-hybridized carbons (Fsp3) is 0.824. The highest BCUT2D eigenvalue weighted by Crippen LogP contribution is 2.56. The average molecular weight is 405 g/mol. The number of hydrogen-bond acceptors (Lipinski definition) is 8. The van der Waals surface area contributed by atoms with Gasteiger partial charge in [0, 0.05) is 32.8 Å². The van der Waals surface area contributed by atoms with E-state index in [2.05, 4.69) is 11.2 Å². The molecule has 1 heterocycles. The van der Waals surface area contributed by atoms with Crippen molar-refractivity contribution in [2.75, 3.05) is 20.0 Å². The predicted molar refractivity (Wildman–Crippen MR) is 93.4 cm³/mol. The molecule has 1 saturated heterocycles. The standard InChI is InChI=1S/C12H20O3.C5H7NO5S/c1-8-10-4-5-12(6-10,14-3)11(8)7-15-9(2)13;1-12(9,10)11-6-4(7)2-3-5(6)8/h8,10-11H,4-7H2,1-3H3;2-3H2,1H3. The summed E-state index contributed by atoms with van der Waals surface area (Å²) >= 11 is 0. The number of hydrogen-bond donors (Lipinski definition) is 0. The van der Waals surface area contributed by atoms with Crippen LogP contribution in [0.4, 0.5) is 0 Å². The van der Waals surface area contributed by atoms with E-state index in [4.69, 9.17) is 9.47 Å². The fourth-order valence-electron chi connectivity index (χ4n) is 4.29. The van der Waals surface area contributed by atoms with Crippen molar-refractivity contribution in [3.8, 4) is 0 Å². The molecule has 154 valence electrons. The highest BCUT2D eigenvalue weighted by molar-refractivity contribution is 7.85. The highest BCUT2D eigenvalue weighted by Gasteiger charge is 2.56. The number of carbonyl (C=O) groups excluding carboxylic acids is 3. The average Bonchev–Trinajstić information content (AvgIpc) is 3.21. The molecular weight excluding hydrogens is 378 g/mol. The third-order valence-corrected chi connectivity index (χ3v) is 6.11. The molecule has 27 heavy (non-hydrogen) atoms. The maximum Gasteiger partial charge on any atom is 0.302 e. The first-order chi connectivity index (χ1) is 12.5. The molecule has 9 nitrogen and oxygen atoms in total. The Labute approximate surface area is 159 Å². The van der Waals surface area contributed by atoms with E-state index in [-0.39, 0.29) is 29.5 Å². The van der Waals surface area contributed by atoms with Crippen LogP contribution in [-0.4, -0.2) is 56.8 Å². The molecule has 0 aromatic heterocycles. The SMILES string of the molecule is COC12CCC(C1)C(C)C2COC(C)=O.CS(=O)(=O)ON1C(=O)CCC1=O. The molecule has 3 rings (SSSR count). The smallest absolute Gasteiger partial charge is 0.302 e. The van der Waals surface area contributed by atoms with E-state index in [9.17, 15) is 22.8 Å². The zero-order chi connectivity index (χ0) is 20.4. The topological polar surface area (TPSA) is 116 Å². The van der Waals surface area contributed by atoms with Gasteiger partial charge in [-0.05, 0) is 31.1 Å². The Balaban J connectivity index is 0.000000199. The molecule has 2 saturated carbocycles. The highest BCUT2D eigenvalue weighted by atomic mass is 32.2. The van der Waals surface area contributed by atoms with Crippen molar-refractivity contribution in [3.05, 3.63) is 0 Å². The molecule has 3 fully saturated rings. The first-order valence-electron chi connectivity index (χ1n) is 8.93. The minimum Gasteiger partial charge on any atom is -0.465 e. The van der Waals surface area contributed by atoms with Gasteiger partial charge in [-0.3, -0.25) is 14.4 Å². The van der Waals surface area contributed by atoms with Crippen LogP contribution in [0.25, 0.3) is 0 Å². The largest absolute Gasteiger partial charge is 0.465 e. The van der Waals surface area contributed by atoms with Crippen LogP contribution in [0.5, 0.6) is 0 Å². The van der Waals surface area contributed by atoms with Crippen molar-refractivity contribution < 1.29 is 36.6 Å². The van der Waals surface area contributed by atoms with Gasteiger partial charge < -0.3 is 9.47 Å². The zero-order valence-corrected chi connectivity index (χ0v) is 16.9. The Bertz CT molecular complexity index is 690. The van der Waals surface area contributed by atoms with Gasteiger partial charge >= 0.3 is 5.97 Å². The minimum atomic E-state index is -3.79. The van der Waals surface area contributed by atoms with Crippen LogP contribution < -0.4 is 0 Å². The van der Waals surface area contributed by atoms with Crippen LogP contribution in [0, 0.1) is 17.8 Å². The fourth-order valence-corrected chi connectivity index (χ4v) is 4.73. The lowest BCUT2D eigenvalue weighted by Gasteiger charge is -2.36. The Morgan fingerprint density at radius 1 is 1.26 bits per heavy atom. The lowest BCUT2D eigenvalue weighted by atomic mass is 9.78. The van der Waals surface area contributed by atoms with E-state index in [1.807, 2.05) is 0 Å². The second-order valence-electron chi connectivity index (χ2n) is 7.40. The van der Waals surface area contributed by atoms with Crippen LogP contribution in [0.3, 0.4) is 0 Å². The summed E-state index contributed by atoms with van der Waals surface area (Å²) in [6.07, 6.45) is 4.33. The molecule has 2 amide bonds. The lowest BCUT2D eigenvalue weighted by Crippen LogP contribution is -2.40. The molecule has 0 N–H and O–H groups in total. The van der Waals surface area contributed by atoms with Gasteiger partial charge in [0.2, 0.25) is 0 Å². The molecule has 0 aromatic rings. The quantitative estimate of drug-likeness (QED) is 0.492. The van der Waals surface area contributed by atoms with E-state index >= 15 is 0 Å². The molecular formula is C17H27NO8S. The lowest BCUT2D eigenvalue weighted by molar-refractivity contribution is -0.163. The summed E-state index contributed by atoms with van der Waals surface area (Å²) in [5.74, 6) is 0.362. The number of rotatable bonds is 5. The summed E-state index contributed by atoms with van der Waals surface area (Å²) in [4.78, 5) is 32.4. The van der Waals surface area contributed by atoms with Gasteiger partial charge in [0.15, 0.2) is 0 Å². The summed E-state index contributed by atoms with van der Waals surface area (Å²) in [7, 11) is -2.00. The molecule has 4 atom stereocenters. The van der Waals surface area contributed by atoms with Gasteiger partial charge in [0.05, 0.1) is 18.5 Å². The van der Waals surface area contributed by atoms with Crippen molar-refractivity contribution in [1.29, 1.82) is 0 Å². The van der Waals surface area contributed by atoms with Gasteiger partial charge in [-0.15, -0.1) is 9.35 Å². The van der Waals surface area contributed by atoms with Crippen molar-refractivity contribution in [2.24, 2.45) is 17.8 Å². The second-order valence-corrected chi connectivity index (χ2v) is 8.96. The van der Waals surface area contributed by atoms with Crippen molar-refractivity contribution in [2.45, 2.75) is 51.6 Å². The number of ether oxygens (including phenoxy) is 2. The van der Waals surface area contributed by atoms with E-state index < -0.39 is 21.9 Å². The number of imide groups is 1. The van der Waals surface area contributed by atoms with Gasteiger partial charge in [-0.2, -0.15) is 8.42 Å². The number of hydroxylamine groups is 2. The number of methoxy groups -OCH3 is 1. The Morgan fingerprint density at radius 2 is 1.85 bits per heavy atom. The number of nitrogens with zero attached hydrogens (tertiary/aromatic N) is 1. The molecule has 0 spiro atoms. The Kier molecular flexibility index (Phi) is 6.64. The summed E-state index contributed by atoms with van der Waals surface area (Å²) in [6, 6.07) is 0. The molecule has 0 radical (unpaired) electrons. The van der Waals surface area contributed by atoms with Crippen LogP contribution >= 0.6 is 0 Å². The van der Waals surface area contributed by atoms with Crippen LogP contribution in [0.2, 0.25) is 0 Å². The molecule has 3 aliphatic rings. The number of esters is 1. The summed E-state index contributed by atoms with van der Waals surface area (Å²) < 4.78 is 36.0. The first-order valence-corrected chi connectivity index (χ1v) is 10.7. The van der Waals surface area contributed by atoms with E-state index in [1.165, 1.54) is 13.3 Å². The van der Waals surface area contributed by atoms with Gasteiger partial charge in [0.25, 0.3) is 21.9 Å². The third-order valence-electron chi connectivity index (χ3n) is 5.69. The van der Waals surface area contributed by atoms with Gasteiger partial charge in [-0.1, -0.05) is 6.92 Å². The third kappa shape index (κ3) is 5.05. The van der Waals surface area contributed by atoms with Crippen molar-refractivity contribution in [3.63, 3.8) is 0 Å². The molecule has 4 unspecified atom stereocenters. The van der Waals surface area contributed by atoms with Crippen molar-refractivity contribution in [1.82, 2.24) is 5.06 Å². The monoisotopic (exact) mass is 405 g/mol. The van der Waals surface area contributed by atoms with Crippen LogP contribution in [0.1, 0.15) is 46.0 Å². The van der Waals surface area contributed by atoms with Crippen molar-refractivity contribution >= 4 is 27.9 Å². The summed E-state index contributed by atoms with van der Waals surface area (Å²) in [6.45, 7) is 4.26. The molecule has 10 heteroatoms. The van der Waals surface area contributed by atoms with Crippen LogP contribution in [-0.2, 0) is 38.3 Å². The first kappa shape index (κ1) is 21.8. The maximum atomic E-state index is 10.8. The molecule has 2 aliphatic carbocycles. The van der Waals surface area contributed by atoms with E-state index in [1.54, 1.807) is 7.11 Å². The summed E-state index contributed by atoms with van der Waals surface area (Å²) in [5.41, 5.74) is -0.000463. The number of fused-ring (bicyclic) bond motifs is 2. The van der Waals surface area contributed by atoms with E-state index in [0.29, 0.717) is 18.4 Å². The van der Waals surface area contributed by atoms with Gasteiger partial charge in [0.1, 0.15) is 0 Å². The molecule has 0 aromatic carbocycles. The second kappa shape index (κ2) is 8.24. The van der Waals surface area contributed by atoms with Gasteiger partial charge in [-0.25, -0.2) is 0 Å². The summed E-state index contributed by atoms with van der Waals surface area (Å²) in [5, 5.41) is 0.287. The Hall–Kier alpha value is -1.52. The predicted octanol–water partition coefficient (Wildman–Crippen LogP) is 1.03. The van der Waals surface area contributed by atoms with E-state index in [0.717, 1.165) is 25.0 Å². The normalized spacial score (nSPS) is 32.4. The molecule has 1 aliphatic heterocycles. The minimum absolute atomic E-state index is 0.000463.